The summed E-state index contributed by atoms with van der Waals surface area (Å²) in [6, 6.07) is 4.72. The normalized spacial score (nSPS) is 14.9. The predicted molar refractivity (Wildman–Crippen MR) is 75.7 cm³/mol. The van der Waals surface area contributed by atoms with Crippen molar-refractivity contribution >= 4 is 39.5 Å². The van der Waals surface area contributed by atoms with Gasteiger partial charge in [0.2, 0.25) is 0 Å². The molecule has 7 heteroatoms. The Balaban J connectivity index is 2.31. The van der Waals surface area contributed by atoms with E-state index < -0.39 is 29.5 Å². The smallest absolute Gasteiger partial charge is 0.318 e. The summed E-state index contributed by atoms with van der Waals surface area (Å²) in [4.78, 5) is 48.5. The van der Waals surface area contributed by atoms with Gasteiger partial charge in [0.05, 0.1) is 18.2 Å². The standard InChI is InChI=1S/C14H12BrNO5/c1-7(17)11(14(20)21-2)6-16-12(18)9-4-3-8(15)5-10(9)13(16)19/h3-5,11H,6H2,1-2H3. The monoisotopic (exact) mass is 353 g/mol. The van der Waals surface area contributed by atoms with Crippen LogP contribution in [0.4, 0.5) is 0 Å². The number of halogens is 1. The third-order valence-electron chi connectivity index (χ3n) is 3.27. The Hall–Kier alpha value is -2.02. The second-order valence-corrected chi connectivity index (χ2v) is 5.51. The van der Waals surface area contributed by atoms with Crippen molar-refractivity contribution in [1.82, 2.24) is 4.90 Å². The van der Waals surface area contributed by atoms with Gasteiger partial charge < -0.3 is 4.74 Å². The molecule has 0 N–H and O–H groups in total. The first kappa shape index (κ1) is 15.4. The van der Waals surface area contributed by atoms with Crippen molar-refractivity contribution in [3.63, 3.8) is 0 Å². The van der Waals surface area contributed by atoms with Crippen LogP contribution in [0.2, 0.25) is 0 Å². The predicted octanol–water partition coefficient (Wildman–Crippen LogP) is 1.42. The van der Waals surface area contributed by atoms with E-state index in [4.69, 9.17) is 0 Å². The third-order valence-corrected chi connectivity index (χ3v) is 3.77. The first-order valence-corrected chi connectivity index (χ1v) is 6.90. The Bertz CT molecular complexity index is 655. The maximum atomic E-state index is 12.2. The van der Waals surface area contributed by atoms with Crippen molar-refractivity contribution in [2.45, 2.75) is 6.92 Å². The summed E-state index contributed by atoms with van der Waals surface area (Å²) in [6.45, 7) is 0.905. The highest BCUT2D eigenvalue weighted by atomic mass is 79.9. The molecule has 0 radical (unpaired) electrons. The summed E-state index contributed by atoms with van der Waals surface area (Å²) in [5.41, 5.74) is 0.511. The Morgan fingerprint density at radius 3 is 2.43 bits per heavy atom. The van der Waals surface area contributed by atoms with E-state index in [9.17, 15) is 19.2 Å². The summed E-state index contributed by atoms with van der Waals surface area (Å²) < 4.78 is 5.20. The molecule has 2 rings (SSSR count). The minimum Gasteiger partial charge on any atom is -0.468 e. The molecule has 21 heavy (non-hydrogen) atoms. The molecule has 1 unspecified atom stereocenters. The van der Waals surface area contributed by atoms with Crippen LogP contribution < -0.4 is 0 Å². The van der Waals surface area contributed by atoms with E-state index in [1.54, 1.807) is 6.07 Å². The van der Waals surface area contributed by atoms with Crippen molar-refractivity contribution in [2.24, 2.45) is 5.92 Å². The number of hydrogen-bond donors (Lipinski definition) is 0. The zero-order valence-corrected chi connectivity index (χ0v) is 13.0. The zero-order valence-electron chi connectivity index (χ0n) is 11.4. The quantitative estimate of drug-likeness (QED) is 0.464. The van der Waals surface area contributed by atoms with Gasteiger partial charge in [0.1, 0.15) is 11.7 Å². The van der Waals surface area contributed by atoms with Gasteiger partial charge in [-0.1, -0.05) is 15.9 Å². The number of fused-ring (bicyclic) bond motifs is 1. The van der Waals surface area contributed by atoms with E-state index >= 15 is 0 Å². The van der Waals surface area contributed by atoms with Crippen LogP contribution in [-0.4, -0.2) is 42.1 Å². The molecule has 0 spiro atoms. The van der Waals surface area contributed by atoms with Crippen LogP contribution in [0.1, 0.15) is 27.6 Å². The number of esters is 1. The molecular weight excluding hydrogens is 342 g/mol. The minimum absolute atomic E-state index is 0.251. The molecule has 0 fully saturated rings. The van der Waals surface area contributed by atoms with Crippen LogP contribution in [0.3, 0.4) is 0 Å². The molecule has 110 valence electrons. The van der Waals surface area contributed by atoms with Gasteiger partial charge in [0.15, 0.2) is 0 Å². The van der Waals surface area contributed by atoms with Crippen molar-refractivity contribution < 1.29 is 23.9 Å². The molecule has 0 aromatic heterocycles. The third kappa shape index (κ3) is 2.73. The van der Waals surface area contributed by atoms with E-state index in [1.165, 1.54) is 19.1 Å². The Morgan fingerprint density at radius 2 is 1.86 bits per heavy atom. The van der Waals surface area contributed by atoms with Gasteiger partial charge >= 0.3 is 5.97 Å². The SMILES string of the molecule is COC(=O)C(CN1C(=O)c2ccc(Br)cc2C1=O)C(C)=O. The number of carbonyl (C=O) groups excluding carboxylic acids is 4. The maximum Gasteiger partial charge on any atom is 0.318 e. The number of benzene rings is 1. The second-order valence-electron chi connectivity index (χ2n) is 4.60. The molecule has 0 saturated heterocycles. The lowest BCUT2D eigenvalue weighted by atomic mass is 10.1. The lowest BCUT2D eigenvalue weighted by Gasteiger charge is -2.18. The summed E-state index contributed by atoms with van der Waals surface area (Å²) in [7, 11) is 1.15. The van der Waals surface area contributed by atoms with Gasteiger partial charge in [0.25, 0.3) is 11.8 Å². The number of ether oxygens (including phenoxy) is 1. The van der Waals surface area contributed by atoms with Gasteiger partial charge in [0, 0.05) is 11.0 Å². The maximum absolute atomic E-state index is 12.2. The number of hydrogen-bond acceptors (Lipinski definition) is 5. The largest absolute Gasteiger partial charge is 0.468 e. The topological polar surface area (TPSA) is 80.8 Å². The lowest BCUT2D eigenvalue weighted by Crippen LogP contribution is -2.40. The first-order valence-electron chi connectivity index (χ1n) is 6.10. The Kier molecular flexibility index (Phi) is 4.22. The fourth-order valence-electron chi connectivity index (χ4n) is 2.12. The van der Waals surface area contributed by atoms with Crippen LogP contribution in [0, 0.1) is 5.92 Å². The lowest BCUT2D eigenvalue weighted by molar-refractivity contribution is -0.149. The molecule has 1 aliphatic heterocycles. The number of rotatable bonds is 4. The molecule has 0 aliphatic carbocycles. The summed E-state index contributed by atoms with van der Waals surface area (Å²) in [5.74, 6) is -3.43. The highest BCUT2D eigenvalue weighted by Crippen LogP contribution is 2.26. The minimum atomic E-state index is -1.17. The highest BCUT2D eigenvalue weighted by Gasteiger charge is 2.39. The van der Waals surface area contributed by atoms with Gasteiger partial charge in [-0.2, -0.15) is 0 Å². The van der Waals surface area contributed by atoms with Crippen molar-refractivity contribution in [3.8, 4) is 0 Å². The van der Waals surface area contributed by atoms with Crippen molar-refractivity contribution in [1.29, 1.82) is 0 Å². The Morgan fingerprint density at radius 1 is 1.24 bits per heavy atom. The van der Waals surface area contributed by atoms with E-state index in [0.717, 1.165) is 12.0 Å². The van der Waals surface area contributed by atoms with Gasteiger partial charge in [-0.3, -0.25) is 24.1 Å². The van der Waals surface area contributed by atoms with Crippen LogP contribution in [0.25, 0.3) is 0 Å². The van der Waals surface area contributed by atoms with Crippen molar-refractivity contribution in [2.75, 3.05) is 13.7 Å². The molecule has 6 nitrogen and oxygen atoms in total. The van der Waals surface area contributed by atoms with Crippen LogP contribution in [0.5, 0.6) is 0 Å². The van der Waals surface area contributed by atoms with Gasteiger partial charge in [-0.15, -0.1) is 0 Å². The zero-order chi connectivity index (χ0) is 15.7. The molecule has 0 bridgehead atoms. The fraction of sp³-hybridized carbons (Fsp3) is 0.286. The van der Waals surface area contributed by atoms with E-state index in [-0.39, 0.29) is 17.7 Å². The second kappa shape index (κ2) is 5.77. The van der Waals surface area contributed by atoms with E-state index in [1.807, 2.05) is 0 Å². The molecule has 2 amide bonds. The van der Waals surface area contributed by atoms with E-state index in [0.29, 0.717) is 4.47 Å². The molecule has 1 aromatic rings. The fourth-order valence-corrected chi connectivity index (χ4v) is 2.48. The number of ketones is 1. The van der Waals surface area contributed by atoms with Crippen LogP contribution in [-0.2, 0) is 14.3 Å². The molecule has 1 heterocycles. The number of imide groups is 1. The molecule has 1 aromatic carbocycles. The first-order chi connectivity index (χ1) is 9.86. The highest BCUT2D eigenvalue weighted by molar-refractivity contribution is 9.10. The average Bonchev–Trinajstić information content (AvgIpc) is 2.67. The van der Waals surface area contributed by atoms with Crippen LogP contribution in [0.15, 0.2) is 22.7 Å². The number of carbonyl (C=O) groups is 4. The number of methoxy groups -OCH3 is 1. The Labute approximate surface area is 129 Å². The van der Waals surface area contributed by atoms with Crippen LogP contribution >= 0.6 is 15.9 Å². The van der Waals surface area contributed by atoms with Gasteiger partial charge in [-0.05, 0) is 25.1 Å². The number of nitrogens with zero attached hydrogens (tertiary/aromatic N) is 1. The summed E-state index contributed by atoms with van der Waals surface area (Å²) in [6.07, 6.45) is 0. The summed E-state index contributed by atoms with van der Waals surface area (Å²) >= 11 is 3.23. The molecule has 1 aliphatic rings. The summed E-state index contributed by atoms with van der Waals surface area (Å²) in [5, 5.41) is 0. The number of Topliss-reactive ketones (excluding diaryl/α,β-unsaturated/α-hetero) is 1. The molecular formula is C14H12BrNO5. The molecule has 1 atom stereocenters. The van der Waals surface area contributed by atoms with Crippen molar-refractivity contribution in [3.05, 3.63) is 33.8 Å². The van der Waals surface area contributed by atoms with E-state index in [2.05, 4.69) is 20.7 Å². The van der Waals surface area contributed by atoms with Gasteiger partial charge in [-0.25, -0.2) is 0 Å². The average molecular weight is 354 g/mol. The molecule has 0 saturated carbocycles. The number of amides is 2.